The highest BCUT2D eigenvalue weighted by atomic mass is 32.1. The fourth-order valence-electron chi connectivity index (χ4n) is 1.48. The lowest BCUT2D eigenvalue weighted by molar-refractivity contribution is 0.0380. The summed E-state index contributed by atoms with van der Waals surface area (Å²) in [5, 5.41) is 2.22. The molecule has 0 aliphatic heterocycles. The smallest absolute Gasteiger partial charge is 0.342 e. The summed E-state index contributed by atoms with van der Waals surface area (Å²) in [7, 11) is 0. The molecule has 0 saturated carbocycles. The number of carbonyl (C=O) groups excluding carboxylic acids is 1. The van der Waals surface area contributed by atoms with Gasteiger partial charge in [-0.3, -0.25) is 9.97 Å². The summed E-state index contributed by atoms with van der Waals surface area (Å²) in [4.78, 5) is 20.1. The van der Waals surface area contributed by atoms with Gasteiger partial charge in [0.2, 0.25) is 0 Å². The van der Waals surface area contributed by atoms with Gasteiger partial charge in [-0.15, -0.1) is 11.3 Å². The van der Waals surface area contributed by atoms with Crippen molar-refractivity contribution in [3.8, 4) is 11.3 Å². The maximum atomic E-state index is 12.0. The number of anilines is 1. The van der Waals surface area contributed by atoms with E-state index in [9.17, 15) is 4.79 Å². The van der Waals surface area contributed by atoms with Gasteiger partial charge in [-0.2, -0.15) is 0 Å². The van der Waals surface area contributed by atoms with E-state index in [4.69, 9.17) is 10.5 Å². The van der Waals surface area contributed by atoms with Crippen LogP contribution in [0.5, 0.6) is 0 Å². The van der Waals surface area contributed by atoms with Gasteiger partial charge in [-0.05, 0) is 13.8 Å². The van der Waals surface area contributed by atoms with E-state index in [1.807, 2.05) is 0 Å². The van der Waals surface area contributed by atoms with Crippen LogP contribution >= 0.6 is 11.3 Å². The lowest BCUT2D eigenvalue weighted by atomic mass is 10.1. The Hall–Kier alpha value is -1.95. The van der Waals surface area contributed by atoms with Gasteiger partial charge < -0.3 is 10.5 Å². The first-order valence-electron chi connectivity index (χ1n) is 5.44. The summed E-state index contributed by atoms with van der Waals surface area (Å²) in [6, 6.07) is 0. The van der Waals surface area contributed by atoms with Gasteiger partial charge in [0.05, 0.1) is 18.0 Å². The van der Waals surface area contributed by atoms with Crippen molar-refractivity contribution in [1.82, 2.24) is 9.97 Å². The number of carbonyl (C=O) groups is 1. The standard InChI is InChI=1S/C12H13N3O2S/c1-7(2)17-12(16)10-8(6-18-11(10)13)9-5-14-3-4-15-9/h3-7H,13H2,1-2H3. The second-order valence-corrected chi connectivity index (χ2v) is 4.84. The highest BCUT2D eigenvalue weighted by molar-refractivity contribution is 7.14. The van der Waals surface area contributed by atoms with E-state index >= 15 is 0 Å². The van der Waals surface area contributed by atoms with Crippen LogP contribution in [0.4, 0.5) is 5.00 Å². The second-order valence-electron chi connectivity index (χ2n) is 3.93. The Kier molecular flexibility index (Phi) is 3.57. The predicted octanol–water partition coefficient (Wildman–Crippen LogP) is 2.35. The van der Waals surface area contributed by atoms with E-state index in [-0.39, 0.29) is 6.10 Å². The summed E-state index contributed by atoms with van der Waals surface area (Å²) in [5.74, 6) is -0.426. The zero-order chi connectivity index (χ0) is 13.1. The maximum absolute atomic E-state index is 12.0. The molecule has 0 fully saturated rings. The summed E-state index contributed by atoms with van der Waals surface area (Å²) in [6.45, 7) is 3.59. The van der Waals surface area contributed by atoms with Crippen LogP contribution in [0.1, 0.15) is 24.2 Å². The molecule has 2 N–H and O–H groups in total. The molecular weight excluding hydrogens is 250 g/mol. The van der Waals surface area contributed by atoms with E-state index in [0.717, 1.165) is 0 Å². The fraction of sp³-hybridized carbons (Fsp3) is 0.250. The molecule has 2 aromatic heterocycles. The number of hydrogen-bond acceptors (Lipinski definition) is 6. The molecule has 5 nitrogen and oxygen atoms in total. The first-order chi connectivity index (χ1) is 8.59. The number of thiophene rings is 1. The first kappa shape index (κ1) is 12.5. The minimum absolute atomic E-state index is 0.188. The first-order valence-corrected chi connectivity index (χ1v) is 6.32. The fourth-order valence-corrected chi connectivity index (χ4v) is 2.28. The lowest BCUT2D eigenvalue weighted by Gasteiger charge is -2.09. The van der Waals surface area contributed by atoms with Crippen molar-refractivity contribution < 1.29 is 9.53 Å². The molecule has 0 aliphatic rings. The van der Waals surface area contributed by atoms with Gasteiger partial charge >= 0.3 is 5.97 Å². The monoisotopic (exact) mass is 263 g/mol. The van der Waals surface area contributed by atoms with Crippen LogP contribution < -0.4 is 5.73 Å². The number of nitrogens with zero attached hydrogens (tertiary/aromatic N) is 2. The Balaban J connectivity index is 2.42. The Morgan fingerprint density at radius 1 is 1.44 bits per heavy atom. The van der Waals surface area contributed by atoms with Crippen molar-refractivity contribution >= 4 is 22.3 Å². The zero-order valence-electron chi connectivity index (χ0n) is 10.1. The summed E-state index contributed by atoms with van der Waals surface area (Å²) < 4.78 is 5.18. The molecule has 18 heavy (non-hydrogen) atoms. The molecule has 2 aromatic rings. The largest absolute Gasteiger partial charge is 0.459 e. The molecule has 0 aromatic carbocycles. The van der Waals surface area contributed by atoms with Crippen LogP contribution in [0.3, 0.4) is 0 Å². The van der Waals surface area contributed by atoms with Crippen molar-refractivity contribution in [2.45, 2.75) is 20.0 Å². The lowest BCUT2D eigenvalue weighted by Crippen LogP contribution is -2.13. The Labute approximate surface area is 109 Å². The number of hydrogen-bond donors (Lipinski definition) is 1. The van der Waals surface area contributed by atoms with E-state index in [2.05, 4.69) is 9.97 Å². The maximum Gasteiger partial charge on any atom is 0.342 e. The molecule has 94 valence electrons. The van der Waals surface area contributed by atoms with Crippen LogP contribution in [0.2, 0.25) is 0 Å². The van der Waals surface area contributed by atoms with Gasteiger partial charge in [-0.1, -0.05) is 0 Å². The molecular formula is C12H13N3O2S. The van der Waals surface area contributed by atoms with Crippen molar-refractivity contribution in [3.63, 3.8) is 0 Å². The number of aromatic nitrogens is 2. The SMILES string of the molecule is CC(C)OC(=O)c1c(-c2cnccn2)csc1N. The average Bonchev–Trinajstić information content (AvgIpc) is 2.71. The highest BCUT2D eigenvalue weighted by Gasteiger charge is 2.21. The molecule has 0 atom stereocenters. The molecule has 2 heterocycles. The number of nitrogens with two attached hydrogens (primary N) is 1. The molecule has 0 bridgehead atoms. The Bertz CT molecular complexity index is 552. The minimum Gasteiger partial charge on any atom is -0.459 e. The third kappa shape index (κ3) is 2.48. The highest BCUT2D eigenvalue weighted by Crippen LogP contribution is 2.32. The number of nitrogen functional groups attached to an aromatic ring is 1. The van der Waals surface area contributed by atoms with Crippen molar-refractivity contribution in [2.75, 3.05) is 5.73 Å². The van der Waals surface area contributed by atoms with Crippen LogP contribution in [0.15, 0.2) is 24.0 Å². The van der Waals surface area contributed by atoms with Crippen molar-refractivity contribution in [1.29, 1.82) is 0 Å². The molecule has 0 radical (unpaired) electrons. The third-order valence-corrected chi connectivity index (χ3v) is 3.02. The number of rotatable bonds is 3. The molecule has 6 heteroatoms. The van der Waals surface area contributed by atoms with Crippen molar-refractivity contribution in [3.05, 3.63) is 29.5 Å². The Morgan fingerprint density at radius 3 is 2.83 bits per heavy atom. The molecule has 2 rings (SSSR count). The van der Waals surface area contributed by atoms with Crippen LogP contribution in [0.25, 0.3) is 11.3 Å². The third-order valence-electron chi connectivity index (χ3n) is 2.21. The molecule has 0 aliphatic carbocycles. The second kappa shape index (κ2) is 5.14. The van der Waals surface area contributed by atoms with E-state index in [1.165, 1.54) is 11.3 Å². The Morgan fingerprint density at radius 2 is 2.22 bits per heavy atom. The van der Waals surface area contributed by atoms with Gasteiger partial charge in [0.15, 0.2) is 0 Å². The predicted molar refractivity (Wildman–Crippen MR) is 70.3 cm³/mol. The van der Waals surface area contributed by atoms with Gasteiger partial charge in [-0.25, -0.2) is 4.79 Å². The molecule has 0 saturated heterocycles. The van der Waals surface area contributed by atoms with E-state index < -0.39 is 5.97 Å². The average molecular weight is 263 g/mol. The normalized spacial score (nSPS) is 10.6. The van der Waals surface area contributed by atoms with Crippen LogP contribution in [-0.2, 0) is 4.74 Å². The summed E-state index contributed by atoms with van der Waals surface area (Å²) in [5.41, 5.74) is 7.47. The van der Waals surface area contributed by atoms with Crippen LogP contribution in [-0.4, -0.2) is 22.0 Å². The van der Waals surface area contributed by atoms with Crippen molar-refractivity contribution in [2.24, 2.45) is 0 Å². The molecule has 0 unspecified atom stereocenters. The topological polar surface area (TPSA) is 78.1 Å². The zero-order valence-corrected chi connectivity index (χ0v) is 10.9. The summed E-state index contributed by atoms with van der Waals surface area (Å²) >= 11 is 1.29. The number of esters is 1. The quantitative estimate of drug-likeness (QED) is 0.860. The van der Waals surface area contributed by atoms with Gasteiger partial charge in [0, 0.05) is 23.3 Å². The number of ether oxygens (including phenoxy) is 1. The van der Waals surface area contributed by atoms with E-state index in [1.54, 1.807) is 37.8 Å². The molecule has 0 amide bonds. The summed E-state index contributed by atoms with van der Waals surface area (Å²) in [6.07, 6.45) is 4.55. The van der Waals surface area contributed by atoms with E-state index in [0.29, 0.717) is 21.8 Å². The molecule has 0 spiro atoms. The van der Waals surface area contributed by atoms with Crippen LogP contribution in [0, 0.1) is 0 Å². The van der Waals surface area contributed by atoms with Gasteiger partial charge in [0.25, 0.3) is 0 Å². The van der Waals surface area contributed by atoms with Gasteiger partial charge in [0.1, 0.15) is 10.6 Å². The minimum atomic E-state index is -0.426.